The molecule has 0 aromatic heterocycles. The first-order valence-corrected chi connectivity index (χ1v) is 7.22. The third-order valence-electron chi connectivity index (χ3n) is 3.49. The summed E-state index contributed by atoms with van der Waals surface area (Å²) in [4.78, 5) is 23.3. The number of carboxylic acid groups (broad SMARTS) is 1. The maximum Gasteiger partial charge on any atom is 0.416 e. The Bertz CT molecular complexity index is 660. The molecule has 1 rings (SSSR count). The second-order valence-electron chi connectivity index (χ2n) is 5.63. The van der Waals surface area contributed by atoms with Crippen LogP contribution in [0.15, 0.2) is 24.3 Å². The van der Waals surface area contributed by atoms with Crippen LogP contribution in [0.4, 0.5) is 31.1 Å². The summed E-state index contributed by atoms with van der Waals surface area (Å²) >= 11 is 0. The number of nitrogens with one attached hydrogen (secondary N) is 1. The number of carbonyl (C=O) groups excluding carboxylic acids is 1. The Morgan fingerprint density at radius 1 is 1.15 bits per heavy atom. The second kappa shape index (κ2) is 7.83. The molecule has 0 radical (unpaired) electrons. The predicted octanol–water partition coefficient (Wildman–Crippen LogP) is 3.67. The van der Waals surface area contributed by atoms with E-state index in [1.807, 2.05) is 0 Å². The van der Waals surface area contributed by atoms with Crippen molar-refractivity contribution in [2.24, 2.45) is 5.92 Å². The Morgan fingerprint density at radius 2 is 1.69 bits per heavy atom. The summed E-state index contributed by atoms with van der Waals surface area (Å²) in [5, 5.41) is 10.3. The molecular weight excluding hydrogens is 370 g/mol. The molecular formula is C15H16F6N2O3. The van der Waals surface area contributed by atoms with Crippen molar-refractivity contribution in [2.75, 3.05) is 13.6 Å². The minimum absolute atomic E-state index is 0.424. The van der Waals surface area contributed by atoms with Gasteiger partial charge in [0.1, 0.15) is 0 Å². The number of aliphatic carboxylic acids is 1. The van der Waals surface area contributed by atoms with Gasteiger partial charge in [-0.05, 0) is 11.6 Å². The maximum absolute atomic E-state index is 13.3. The Hall–Kier alpha value is -2.46. The van der Waals surface area contributed by atoms with E-state index in [9.17, 15) is 35.9 Å². The third-order valence-corrected chi connectivity index (χ3v) is 3.49. The fraction of sp³-hybridized carbons (Fsp3) is 0.467. The van der Waals surface area contributed by atoms with Gasteiger partial charge in [0.15, 0.2) is 6.04 Å². The van der Waals surface area contributed by atoms with Crippen molar-refractivity contribution in [2.45, 2.75) is 25.3 Å². The van der Waals surface area contributed by atoms with Crippen molar-refractivity contribution in [1.82, 2.24) is 10.2 Å². The number of urea groups is 1. The number of rotatable bonds is 5. The van der Waals surface area contributed by atoms with Gasteiger partial charge in [-0.2, -0.15) is 26.3 Å². The number of benzene rings is 1. The maximum atomic E-state index is 13.3. The molecule has 0 aliphatic carbocycles. The monoisotopic (exact) mass is 386 g/mol. The minimum atomic E-state index is -5.20. The molecule has 0 saturated heterocycles. The highest BCUT2D eigenvalue weighted by Gasteiger charge is 2.46. The summed E-state index contributed by atoms with van der Waals surface area (Å²) in [6.45, 7) is 0.805. The smallest absolute Gasteiger partial charge is 0.416 e. The molecule has 0 spiro atoms. The van der Waals surface area contributed by atoms with Gasteiger partial charge in [0.25, 0.3) is 0 Å². The molecule has 11 heteroatoms. The topological polar surface area (TPSA) is 69.6 Å². The lowest BCUT2D eigenvalue weighted by atomic mass is 9.99. The highest BCUT2D eigenvalue weighted by atomic mass is 19.4. The second-order valence-corrected chi connectivity index (χ2v) is 5.63. The van der Waals surface area contributed by atoms with E-state index in [1.54, 1.807) is 0 Å². The number of amides is 2. The van der Waals surface area contributed by atoms with Crippen molar-refractivity contribution >= 4 is 12.0 Å². The summed E-state index contributed by atoms with van der Waals surface area (Å²) in [6.07, 6.45) is -10.2. The van der Waals surface area contributed by atoms with Gasteiger partial charge in [-0.25, -0.2) is 4.79 Å². The molecule has 1 aromatic carbocycles. The lowest BCUT2D eigenvalue weighted by Crippen LogP contribution is -2.46. The molecule has 1 aromatic rings. The highest BCUT2D eigenvalue weighted by molar-refractivity contribution is 5.76. The quantitative estimate of drug-likeness (QED) is 0.759. The van der Waals surface area contributed by atoms with Gasteiger partial charge in [0.2, 0.25) is 0 Å². The van der Waals surface area contributed by atoms with E-state index in [0.717, 1.165) is 19.2 Å². The van der Waals surface area contributed by atoms with Gasteiger partial charge >= 0.3 is 24.4 Å². The van der Waals surface area contributed by atoms with Gasteiger partial charge in [0.05, 0.1) is 11.5 Å². The largest absolute Gasteiger partial charge is 0.481 e. The molecule has 0 heterocycles. The molecule has 146 valence electrons. The molecule has 2 unspecified atom stereocenters. The van der Waals surface area contributed by atoms with Crippen LogP contribution < -0.4 is 5.32 Å². The Kier molecular flexibility index (Phi) is 6.50. The van der Waals surface area contributed by atoms with Crippen molar-refractivity contribution in [1.29, 1.82) is 0 Å². The fourth-order valence-corrected chi connectivity index (χ4v) is 2.15. The van der Waals surface area contributed by atoms with Crippen LogP contribution in [-0.4, -0.2) is 41.8 Å². The molecule has 26 heavy (non-hydrogen) atoms. The van der Waals surface area contributed by atoms with Gasteiger partial charge in [-0.1, -0.05) is 25.1 Å². The lowest BCUT2D eigenvalue weighted by molar-refractivity contribution is -0.161. The number of hydrogen-bond donors (Lipinski definition) is 2. The van der Waals surface area contributed by atoms with Gasteiger partial charge < -0.3 is 15.3 Å². The zero-order valence-electron chi connectivity index (χ0n) is 13.6. The summed E-state index contributed by atoms with van der Waals surface area (Å²) in [7, 11) is 1.04. The van der Waals surface area contributed by atoms with Crippen LogP contribution in [0.25, 0.3) is 0 Å². The molecule has 0 aliphatic rings. The van der Waals surface area contributed by atoms with Crippen LogP contribution in [0.2, 0.25) is 0 Å². The zero-order valence-corrected chi connectivity index (χ0v) is 13.6. The average Bonchev–Trinajstić information content (AvgIpc) is 2.50. The number of carboxylic acids is 1. The summed E-state index contributed by atoms with van der Waals surface area (Å²) in [6, 6.07) is -1.22. The van der Waals surface area contributed by atoms with E-state index in [1.165, 1.54) is 12.2 Å². The normalized spacial score (nSPS) is 14.5. The van der Waals surface area contributed by atoms with Crippen molar-refractivity contribution in [3.63, 3.8) is 0 Å². The fourth-order valence-electron chi connectivity index (χ4n) is 2.15. The first kappa shape index (κ1) is 21.6. The molecule has 0 saturated carbocycles. The number of alkyl halides is 6. The summed E-state index contributed by atoms with van der Waals surface area (Å²) < 4.78 is 78.9. The minimum Gasteiger partial charge on any atom is -0.481 e. The van der Waals surface area contributed by atoms with E-state index < -0.39 is 54.0 Å². The van der Waals surface area contributed by atoms with E-state index in [2.05, 4.69) is 0 Å². The lowest BCUT2D eigenvalue weighted by Gasteiger charge is -2.28. The standard InChI is InChI=1S/C15H16F6N2O3/c1-8(12(24)25)7-23(2)13(26)22-11(15(19,20)21)9-5-3-4-6-10(9)14(16,17)18/h3-6,8,11H,7H2,1-2H3,(H,22,26)(H,24,25). The molecule has 0 aliphatic heterocycles. The van der Waals surface area contributed by atoms with Crippen molar-refractivity contribution in [3.8, 4) is 0 Å². The van der Waals surface area contributed by atoms with Crippen LogP contribution in [0.5, 0.6) is 0 Å². The predicted molar refractivity (Wildman–Crippen MR) is 78.2 cm³/mol. The number of nitrogens with zero attached hydrogens (tertiary/aromatic N) is 1. The van der Waals surface area contributed by atoms with Crippen LogP contribution >= 0.6 is 0 Å². The van der Waals surface area contributed by atoms with Crippen LogP contribution in [0.1, 0.15) is 24.1 Å². The number of hydrogen-bond acceptors (Lipinski definition) is 2. The van der Waals surface area contributed by atoms with Crippen LogP contribution in [0.3, 0.4) is 0 Å². The summed E-state index contributed by atoms with van der Waals surface area (Å²) in [5.41, 5.74) is -2.68. The molecule has 0 fully saturated rings. The Morgan fingerprint density at radius 3 is 2.15 bits per heavy atom. The molecule has 2 N–H and O–H groups in total. The molecule has 2 amide bonds. The molecule has 0 bridgehead atoms. The first-order valence-electron chi connectivity index (χ1n) is 7.22. The Labute approximate surface area is 144 Å². The zero-order chi connectivity index (χ0) is 20.3. The van der Waals surface area contributed by atoms with Gasteiger partial charge in [0, 0.05) is 13.6 Å². The third kappa shape index (κ3) is 5.53. The SMILES string of the molecule is CC(CN(C)C(=O)NC(c1ccccc1C(F)(F)F)C(F)(F)F)C(=O)O. The summed E-state index contributed by atoms with van der Waals surface area (Å²) in [5.74, 6) is -2.35. The number of carbonyl (C=O) groups is 2. The first-order chi connectivity index (χ1) is 11.7. The van der Waals surface area contributed by atoms with E-state index in [-0.39, 0.29) is 0 Å². The van der Waals surface area contributed by atoms with Crippen LogP contribution in [-0.2, 0) is 11.0 Å². The highest BCUT2D eigenvalue weighted by Crippen LogP contribution is 2.40. The van der Waals surface area contributed by atoms with Gasteiger partial charge in [-0.15, -0.1) is 0 Å². The van der Waals surface area contributed by atoms with E-state index in [0.29, 0.717) is 17.0 Å². The van der Waals surface area contributed by atoms with E-state index in [4.69, 9.17) is 5.11 Å². The van der Waals surface area contributed by atoms with Crippen molar-refractivity contribution < 1.29 is 41.0 Å². The molecule has 5 nitrogen and oxygen atoms in total. The number of halogens is 6. The van der Waals surface area contributed by atoms with Crippen LogP contribution in [0, 0.1) is 5.92 Å². The average molecular weight is 386 g/mol. The molecule has 2 atom stereocenters. The van der Waals surface area contributed by atoms with E-state index >= 15 is 0 Å². The van der Waals surface area contributed by atoms with Gasteiger partial charge in [-0.3, -0.25) is 4.79 Å². The Balaban J connectivity index is 3.15. The van der Waals surface area contributed by atoms with Crippen molar-refractivity contribution in [3.05, 3.63) is 35.4 Å².